The summed E-state index contributed by atoms with van der Waals surface area (Å²) in [5, 5.41) is 1.99. The van der Waals surface area contributed by atoms with Gasteiger partial charge in [-0.3, -0.25) is 9.59 Å². The van der Waals surface area contributed by atoms with E-state index < -0.39 is 47.1 Å². The molecule has 1 aromatic carbocycles. The van der Waals surface area contributed by atoms with E-state index in [0.717, 1.165) is 12.1 Å². The predicted octanol–water partition coefficient (Wildman–Crippen LogP) is 2.78. The molecule has 4 nitrogen and oxygen atoms in total. The van der Waals surface area contributed by atoms with Gasteiger partial charge >= 0.3 is 6.18 Å². The fraction of sp³-hybridized carbons (Fsp3) is 0.143. The summed E-state index contributed by atoms with van der Waals surface area (Å²) in [7, 11) is 0. The van der Waals surface area contributed by atoms with Crippen LogP contribution in [-0.4, -0.2) is 10.5 Å². The number of carbonyl (C=O) groups is 1. The van der Waals surface area contributed by atoms with E-state index in [1.54, 1.807) is 0 Å². The summed E-state index contributed by atoms with van der Waals surface area (Å²) in [6.45, 7) is -0.779. The highest BCUT2D eigenvalue weighted by molar-refractivity contribution is 5.90. The Hall–Kier alpha value is -2.71. The molecule has 1 amide bonds. The molecule has 0 unspecified atom stereocenters. The molecule has 0 aliphatic carbocycles. The number of pyridine rings is 1. The lowest BCUT2D eigenvalue weighted by Gasteiger charge is -2.11. The highest BCUT2D eigenvalue weighted by Crippen LogP contribution is 2.28. The molecule has 0 aliphatic heterocycles. The lowest BCUT2D eigenvalue weighted by molar-refractivity contribution is -0.138. The molecule has 0 aliphatic rings. The Morgan fingerprint density at radius 1 is 1.13 bits per heavy atom. The van der Waals surface area contributed by atoms with E-state index in [9.17, 15) is 31.5 Å². The molecule has 23 heavy (non-hydrogen) atoms. The fourth-order valence-electron chi connectivity index (χ4n) is 1.76. The maximum absolute atomic E-state index is 13.4. The van der Waals surface area contributed by atoms with Crippen molar-refractivity contribution in [1.29, 1.82) is 0 Å². The second-order valence-corrected chi connectivity index (χ2v) is 4.55. The largest absolute Gasteiger partial charge is 0.417 e. The first-order valence-corrected chi connectivity index (χ1v) is 6.19. The number of hydrogen-bond acceptors (Lipinski definition) is 2. The van der Waals surface area contributed by atoms with Crippen molar-refractivity contribution < 1.29 is 26.7 Å². The zero-order chi connectivity index (χ0) is 17.2. The molecule has 0 saturated carbocycles. The van der Waals surface area contributed by atoms with Gasteiger partial charge in [-0.15, -0.1) is 0 Å². The SMILES string of the molecule is O=C(Cn1cc(C(F)(F)F)ccc1=O)Nc1cc(F)ccc1F. The number of carbonyl (C=O) groups excluding carboxylic acids is 1. The van der Waals surface area contributed by atoms with E-state index >= 15 is 0 Å². The summed E-state index contributed by atoms with van der Waals surface area (Å²) in [6.07, 6.45) is -4.20. The summed E-state index contributed by atoms with van der Waals surface area (Å²) in [5.41, 5.74) is -2.43. The molecule has 0 fully saturated rings. The fourth-order valence-corrected chi connectivity index (χ4v) is 1.76. The summed E-state index contributed by atoms with van der Waals surface area (Å²) < 4.78 is 64.6. The Morgan fingerprint density at radius 2 is 1.83 bits per heavy atom. The number of hydrogen-bond donors (Lipinski definition) is 1. The van der Waals surface area contributed by atoms with Crippen molar-refractivity contribution >= 4 is 11.6 Å². The van der Waals surface area contributed by atoms with Gasteiger partial charge in [-0.1, -0.05) is 0 Å². The second-order valence-electron chi connectivity index (χ2n) is 4.55. The Labute approximate surface area is 126 Å². The van der Waals surface area contributed by atoms with Crippen molar-refractivity contribution in [3.8, 4) is 0 Å². The van der Waals surface area contributed by atoms with Gasteiger partial charge in [-0.25, -0.2) is 8.78 Å². The quantitative estimate of drug-likeness (QED) is 0.879. The van der Waals surface area contributed by atoms with E-state index in [2.05, 4.69) is 0 Å². The molecule has 9 heteroatoms. The third-order valence-electron chi connectivity index (χ3n) is 2.83. The molecule has 1 aromatic heterocycles. The first-order valence-electron chi connectivity index (χ1n) is 6.19. The van der Waals surface area contributed by atoms with E-state index in [0.29, 0.717) is 29.0 Å². The number of rotatable bonds is 3. The molecule has 2 rings (SSSR count). The van der Waals surface area contributed by atoms with Crippen LogP contribution in [0.25, 0.3) is 0 Å². The van der Waals surface area contributed by atoms with Crippen molar-refractivity contribution in [3.63, 3.8) is 0 Å². The number of anilines is 1. The standard InChI is InChI=1S/C14H9F5N2O2/c15-9-2-3-10(16)11(5-9)20-12(22)7-21-6-8(14(17,18)19)1-4-13(21)23/h1-6H,7H2,(H,20,22). The maximum Gasteiger partial charge on any atom is 0.417 e. The van der Waals surface area contributed by atoms with Crippen LogP contribution in [0.2, 0.25) is 0 Å². The third-order valence-corrected chi connectivity index (χ3v) is 2.83. The highest BCUT2D eigenvalue weighted by Gasteiger charge is 2.31. The van der Waals surface area contributed by atoms with Gasteiger partial charge in [-0.05, 0) is 18.2 Å². The first-order chi connectivity index (χ1) is 10.7. The average Bonchev–Trinajstić information content (AvgIpc) is 2.44. The van der Waals surface area contributed by atoms with Crippen LogP contribution in [0.5, 0.6) is 0 Å². The minimum Gasteiger partial charge on any atom is -0.322 e. The summed E-state index contributed by atoms with van der Waals surface area (Å²) in [6, 6.07) is 3.58. The molecule has 122 valence electrons. The number of alkyl halides is 3. The van der Waals surface area contributed by atoms with Gasteiger partial charge < -0.3 is 9.88 Å². The Kier molecular flexibility index (Phi) is 4.48. The minimum atomic E-state index is -4.68. The van der Waals surface area contributed by atoms with Crippen molar-refractivity contribution in [2.45, 2.75) is 12.7 Å². The van der Waals surface area contributed by atoms with Crippen LogP contribution in [0.4, 0.5) is 27.6 Å². The molecule has 1 N–H and O–H groups in total. The van der Waals surface area contributed by atoms with Crippen molar-refractivity contribution in [2.75, 3.05) is 5.32 Å². The smallest absolute Gasteiger partial charge is 0.322 e. The predicted molar refractivity (Wildman–Crippen MR) is 70.7 cm³/mol. The molecular weight excluding hydrogens is 323 g/mol. The van der Waals surface area contributed by atoms with E-state index in [4.69, 9.17) is 0 Å². The van der Waals surface area contributed by atoms with Crippen molar-refractivity contribution in [2.24, 2.45) is 0 Å². The van der Waals surface area contributed by atoms with Gasteiger partial charge in [0.1, 0.15) is 18.2 Å². The van der Waals surface area contributed by atoms with Crippen LogP contribution in [0.1, 0.15) is 5.56 Å². The van der Waals surface area contributed by atoms with Gasteiger partial charge in [0.2, 0.25) is 5.91 Å². The molecule has 0 saturated heterocycles. The van der Waals surface area contributed by atoms with Crippen LogP contribution < -0.4 is 10.9 Å². The van der Waals surface area contributed by atoms with Crippen LogP contribution in [0, 0.1) is 11.6 Å². The van der Waals surface area contributed by atoms with Crippen LogP contribution in [0.3, 0.4) is 0 Å². The topological polar surface area (TPSA) is 51.1 Å². The van der Waals surface area contributed by atoms with Crippen LogP contribution >= 0.6 is 0 Å². The highest BCUT2D eigenvalue weighted by atomic mass is 19.4. The van der Waals surface area contributed by atoms with Gasteiger partial charge in [0.15, 0.2) is 0 Å². The summed E-state index contributed by atoms with van der Waals surface area (Å²) in [4.78, 5) is 23.2. The molecule has 0 atom stereocenters. The van der Waals surface area contributed by atoms with Crippen molar-refractivity contribution in [3.05, 3.63) is 64.1 Å². The lowest BCUT2D eigenvalue weighted by Crippen LogP contribution is -2.28. The van der Waals surface area contributed by atoms with Crippen LogP contribution in [-0.2, 0) is 17.5 Å². The van der Waals surface area contributed by atoms with Crippen molar-refractivity contribution in [1.82, 2.24) is 4.57 Å². The molecule has 0 bridgehead atoms. The maximum atomic E-state index is 13.4. The lowest BCUT2D eigenvalue weighted by atomic mass is 10.2. The molecule has 2 aromatic rings. The number of aromatic nitrogens is 1. The molecular formula is C14H9F5N2O2. The monoisotopic (exact) mass is 332 g/mol. The Balaban J connectivity index is 2.20. The minimum absolute atomic E-state index is 0.476. The Bertz CT molecular complexity index is 798. The zero-order valence-electron chi connectivity index (χ0n) is 11.3. The summed E-state index contributed by atoms with van der Waals surface area (Å²) in [5.74, 6) is -2.70. The van der Waals surface area contributed by atoms with Crippen LogP contribution in [0.15, 0.2) is 41.3 Å². The summed E-state index contributed by atoms with van der Waals surface area (Å²) >= 11 is 0. The number of halogens is 5. The average molecular weight is 332 g/mol. The first kappa shape index (κ1) is 16.7. The second kappa shape index (κ2) is 6.19. The van der Waals surface area contributed by atoms with Gasteiger partial charge in [0, 0.05) is 18.3 Å². The Morgan fingerprint density at radius 3 is 2.48 bits per heavy atom. The number of nitrogens with one attached hydrogen (secondary N) is 1. The molecule has 0 spiro atoms. The van der Waals surface area contributed by atoms with Gasteiger partial charge in [0.05, 0.1) is 11.3 Å². The van der Waals surface area contributed by atoms with E-state index in [-0.39, 0.29) is 0 Å². The molecule has 1 heterocycles. The number of benzene rings is 1. The van der Waals surface area contributed by atoms with E-state index in [1.165, 1.54) is 0 Å². The van der Waals surface area contributed by atoms with Gasteiger partial charge in [-0.2, -0.15) is 13.2 Å². The van der Waals surface area contributed by atoms with E-state index in [1.807, 2.05) is 5.32 Å². The zero-order valence-corrected chi connectivity index (χ0v) is 11.3. The third kappa shape index (κ3) is 4.15. The normalized spacial score (nSPS) is 11.3. The number of nitrogens with zero attached hydrogens (tertiary/aromatic N) is 1. The number of amides is 1. The van der Waals surface area contributed by atoms with Gasteiger partial charge in [0.25, 0.3) is 5.56 Å². The molecule has 0 radical (unpaired) electrons.